The minimum atomic E-state index is -4.54. The topological polar surface area (TPSA) is 99.1 Å². The Labute approximate surface area is 144 Å². The first-order chi connectivity index (χ1) is 12.2. The van der Waals surface area contributed by atoms with Gasteiger partial charge >= 0.3 is 0 Å². The van der Waals surface area contributed by atoms with Crippen LogP contribution in [0.1, 0.15) is 12.2 Å². The van der Waals surface area contributed by atoms with Crippen molar-refractivity contribution in [3.8, 4) is 22.4 Å². The molecule has 26 heavy (non-hydrogen) atoms. The Morgan fingerprint density at radius 1 is 1.15 bits per heavy atom. The highest BCUT2D eigenvalue weighted by atomic mass is 32.2. The number of hydrogen-bond donors (Lipinski definition) is 1. The third-order valence-electron chi connectivity index (χ3n) is 3.45. The summed E-state index contributed by atoms with van der Waals surface area (Å²) in [4.78, 5) is 2.70. The van der Waals surface area contributed by atoms with Crippen molar-refractivity contribution in [2.75, 3.05) is 0 Å². The van der Waals surface area contributed by atoms with Crippen molar-refractivity contribution in [2.24, 2.45) is 5.14 Å². The second-order valence-electron chi connectivity index (χ2n) is 5.12. The van der Waals surface area contributed by atoms with E-state index in [0.717, 1.165) is 0 Å². The lowest BCUT2D eigenvalue weighted by atomic mass is 9.99. The molecular weight excluding hydrogens is 378 g/mol. The van der Waals surface area contributed by atoms with Gasteiger partial charge in [0.15, 0.2) is 0 Å². The number of benzene rings is 1. The van der Waals surface area contributed by atoms with Gasteiger partial charge in [-0.1, -0.05) is 5.16 Å². The highest BCUT2D eigenvalue weighted by Gasteiger charge is 2.29. The molecule has 0 fully saturated rings. The Morgan fingerprint density at radius 3 is 2.46 bits per heavy atom. The molecular formula is C15H9F4N3O3S. The van der Waals surface area contributed by atoms with Crippen LogP contribution in [-0.2, 0) is 10.0 Å². The minimum absolute atomic E-state index is 0.199. The van der Waals surface area contributed by atoms with E-state index in [4.69, 9.17) is 5.14 Å². The molecule has 11 heteroatoms. The summed E-state index contributed by atoms with van der Waals surface area (Å²) in [5, 5.41) is 8.30. The molecule has 0 spiro atoms. The number of pyridine rings is 1. The quantitative estimate of drug-likeness (QED) is 0.693. The van der Waals surface area contributed by atoms with Gasteiger partial charge in [-0.25, -0.2) is 31.1 Å². The molecule has 6 nitrogen and oxygen atoms in total. The predicted octanol–water partition coefficient (Wildman–Crippen LogP) is 3.27. The standard InChI is InChI=1S/C15H9F4N3O3S/c16-9-5-11(26(20,23)24)10(17)4-8(9)12-13(7-2-1-3-21-6-7)22-25-14(12)15(18)19/h1-6,15H,(H2,20,23,24). The van der Waals surface area contributed by atoms with Gasteiger partial charge in [0.05, 0.1) is 5.56 Å². The minimum Gasteiger partial charge on any atom is -0.354 e. The molecule has 1 aromatic carbocycles. The second kappa shape index (κ2) is 6.50. The first-order valence-electron chi connectivity index (χ1n) is 6.90. The van der Waals surface area contributed by atoms with Crippen molar-refractivity contribution in [2.45, 2.75) is 11.3 Å². The first-order valence-corrected chi connectivity index (χ1v) is 8.45. The van der Waals surface area contributed by atoms with Gasteiger partial charge in [0, 0.05) is 23.5 Å². The monoisotopic (exact) mass is 387 g/mol. The third kappa shape index (κ3) is 3.18. The number of sulfonamides is 1. The van der Waals surface area contributed by atoms with Gasteiger partial charge in [-0.05, 0) is 24.3 Å². The van der Waals surface area contributed by atoms with Crippen LogP contribution in [0, 0.1) is 11.6 Å². The molecule has 0 aliphatic heterocycles. The molecule has 0 bridgehead atoms. The van der Waals surface area contributed by atoms with Crippen molar-refractivity contribution in [1.29, 1.82) is 0 Å². The summed E-state index contributed by atoms with van der Waals surface area (Å²) >= 11 is 0. The fraction of sp³-hybridized carbons (Fsp3) is 0.0667. The Kier molecular flexibility index (Phi) is 4.50. The van der Waals surface area contributed by atoms with Gasteiger partial charge in [0.25, 0.3) is 6.43 Å². The first kappa shape index (κ1) is 18.0. The van der Waals surface area contributed by atoms with Gasteiger partial charge in [-0.2, -0.15) is 0 Å². The number of alkyl halides is 2. The Morgan fingerprint density at radius 2 is 1.88 bits per heavy atom. The van der Waals surface area contributed by atoms with Crippen molar-refractivity contribution >= 4 is 10.0 Å². The maximum absolute atomic E-state index is 14.4. The van der Waals surface area contributed by atoms with Crippen molar-refractivity contribution in [3.05, 3.63) is 54.1 Å². The van der Waals surface area contributed by atoms with Crippen LogP contribution in [-0.4, -0.2) is 18.6 Å². The summed E-state index contributed by atoms with van der Waals surface area (Å²) in [6, 6.07) is 3.70. The summed E-state index contributed by atoms with van der Waals surface area (Å²) in [6.45, 7) is 0. The van der Waals surface area contributed by atoms with Crippen LogP contribution in [0.15, 0.2) is 46.1 Å². The van der Waals surface area contributed by atoms with E-state index in [1.54, 1.807) is 0 Å². The number of nitrogens with zero attached hydrogens (tertiary/aromatic N) is 2. The number of primary sulfonamides is 1. The molecule has 2 N–H and O–H groups in total. The van der Waals surface area contributed by atoms with E-state index in [-0.39, 0.29) is 11.3 Å². The third-order valence-corrected chi connectivity index (χ3v) is 4.37. The van der Waals surface area contributed by atoms with Crippen LogP contribution in [0.3, 0.4) is 0 Å². The van der Waals surface area contributed by atoms with Gasteiger partial charge in [0.1, 0.15) is 22.2 Å². The zero-order chi connectivity index (χ0) is 19.1. The average molecular weight is 387 g/mol. The molecule has 0 saturated carbocycles. The maximum Gasteiger partial charge on any atom is 0.298 e. The zero-order valence-electron chi connectivity index (χ0n) is 12.7. The normalized spacial score (nSPS) is 11.9. The van der Waals surface area contributed by atoms with E-state index in [1.165, 1.54) is 24.5 Å². The maximum atomic E-state index is 14.4. The second-order valence-corrected chi connectivity index (χ2v) is 6.65. The lowest BCUT2D eigenvalue weighted by Crippen LogP contribution is -2.14. The van der Waals surface area contributed by atoms with E-state index in [1.807, 2.05) is 0 Å². The molecule has 0 amide bonds. The zero-order valence-corrected chi connectivity index (χ0v) is 13.5. The summed E-state index contributed by atoms with van der Waals surface area (Å²) in [7, 11) is -4.54. The van der Waals surface area contributed by atoms with E-state index in [9.17, 15) is 26.0 Å². The molecule has 0 aliphatic carbocycles. The summed E-state index contributed by atoms with van der Waals surface area (Å²) in [5.74, 6) is -3.68. The molecule has 0 radical (unpaired) electrons. The highest BCUT2D eigenvalue weighted by molar-refractivity contribution is 7.89. The smallest absolute Gasteiger partial charge is 0.298 e. The Bertz CT molecular complexity index is 1070. The van der Waals surface area contributed by atoms with Gasteiger partial charge < -0.3 is 4.52 Å². The summed E-state index contributed by atoms with van der Waals surface area (Å²) in [5.41, 5.74) is -1.14. The van der Waals surface area contributed by atoms with Gasteiger partial charge in [-0.3, -0.25) is 4.98 Å². The lowest BCUT2D eigenvalue weighted by molar-refractivity contribution is 0.113. The van der Waals surface area contributed by atoms with Crippen LogP contribution in [0.5, 0.6) is 0 Å². The van der Waals surface area contributed by atoms with Crippen molar-refractivity contribution in [1.82, 2.24) is 10.1 Å². The fourth-order valence-corrected chi connectivity index (χ4v) is 2.95. The average Bonchev–Trinajstić information content (AvgIpc) is 3.01. The molecule has 3 rings (SSSR count). The number of aromatic nitrogens is 2. The lowest BCUT2D eigenvalue weighted by Gasteiger charge is -2.08. The molecule has 0 saturated heterocycles. The fourth-order valence-electron chi connectivity index (χ4n) is 2.35. The van der Waals surface area contributed by atoms with Crippen LogP contribution in [0.4, 0.5) is 17.6 Å². The van der Waals surface area contributed by atoms with Crippen LogP contribution >= 0.6 is 0 Å². The van der Waals surface area contributed by atoms with Crippen molar-refractivity contribution in [3.63, 3.8) is 0 Å². The van der Waals surface area contributed by atoms with Gasteiger partial charge in [0.2, 0.25) is 15.8 Å². The van der Waals surface area contributed by atoms with Crippen LogP contribution < -0.4 is 5.14 Å². The van der Waals surface area contributed by atoms with Crippen LogP contribution in [0.25, 0.3) is 22.4 Å². The Hall–Kier alpha value is -2.79. The van der Waals surface area contributed by atoms with Crippen LogP contribution in [0.2, 0.25) is 0 Å². The molecule has 0 unspecified atom stereocenters. The highest BCUT2D eigenvalue weighted by Crippen LogP contribution is 2.40. The molecule has 2 aromatic heterocycles. The number of halogens is 4. The largest absolute Gasteiger partial charge is 0.354 e. The molecule has 2 heterocycles. The number of nitrogens with two attached hydrogens (primary N) is 1. The summed E-state index contributed by atoms with van der Waals surface area (Å²) < 4.78 is 82.2. The number of rotatable bonds is 4. The predicted molar refractivity (Wildman–Crippen MR) is 81.4 cm³/mol. The van der Waals surface area contributed by atoms with Gasteiger partial charge in [-0.15, -0.1) is 0 Å². The SMILES string of the molecule is NS(=O)(=O)c1cc(F)c(-c2c(-c3cccnc3)noc2C(F)F)cc1F. The van der Waals surface area contributed by atoms with Crippen molar-refractivity contribution < 1.29 is 30.5 Å². The molecule has 136 valence electrons. The van der Waals surface area contributed by atoms with E-state index >= 15 is 0 Å². The molecule has 0 aliphatic rings. The van der Waals surface area contributed by atoms with E-state index in [2.05, 4.69) is 14.7 Å². The molecule has 0 atom stereocenters. The Balaban J connectivity index is 2.30. The summed E-state index contributed by atoms with van der Waals surface area (Å²) in [6.07, 6.45) is -0.495. The number of hydrogen-bond acceptors (Lipinski definition) is 5. The van der Waals surface area contributed by atoms with E-state index < -0.39 is 49.9 Å². The molecule has 3 aromatic rings. The van der Waals surface area contributed by atoms with E-state index in [0.29, 0.717) is 12.1 Å².